The van der Waals surface area contributed by atoms with Crippen LogP contribution in [0.25, 0.3) is 11.1 Å². The Balaban J connectivity index is 1.58. The average Bonchev–Trinajstić information content (AvgIpc) is 2.82. The molecule has 0 aliphatic heterocycles. The monoisotopic (exact) mass is 475 g/mol. The van der Waals surface area contributed by atoms with E-state index in [1.165, 1.54) is 11.1 Å². The Hall–Kier alpha value is -2.99. The second kappa shape index (κ2) is 11.6. The third-order valence-electron chi connectivity index (χ3n) is 6.29. The Labute approximate surface area is 208 Å². The van der Waals surface area contributed by atoms with E-state index in [2.05, 4.69) is 50.4 Å². The number of hydrogen-bond acceptors (Lipinski definition) is 4. The molecule has 3 aromatic carbocycles. The molecule has 0 saturated heterocycles. The quantitative estimate of drug-likeness (QED) is 0.331. The summed E-state index contributed by atoms with van der Waals surface area (Å²) in [5.74, 6) is -0.927. The molecule has 3 aromatic rings. The number of nitrogens with one attached hydrogen (secondary N) is 1. The normalized spacial score (nSPS) is 13.4. The molecule has 0 bridgehead atoms. The number of benzene rings is 3. The van der Waals surface area contributed by atoms with Crippen molar-refractivity contribution in [2.75, 3.05) is 13.2 Å². The van der Waals surface area contributed by atoms with Crippen molar-refractivity contribution in [1.82, 2.24) is 5.32 Å². The maximum Gasteiger partial charge on any atom is 0.335 e. The van der Waals surface area contributed by atoms with Crippen LogP contribution in [0.1, 0.15) is 59.5 Å². The molecule has 0 aromatic heterocycles. The summed E-state index contributed by atoms with van der Waals surface area (Å²) in [4.78, 5) is 11.4. The van der Waals surface area contributed by atoms with Crippen LogP contribution in [-0.2, 0) is 11.2 Å². The van der Waals surface area contributed by atoms with Crippen LogP contribution in [0, 0.1) is 13.8 Å². The number of aryl methyl sites for hydroxylation is 2. The fourth-order valence-electron chi connectivity index (χ4n) is 4.26. The first-order chi connectivity index (χ1) is 16.6. The highest BCUT2D eigenvalue weighted by atomic mass is 16.5. The summed E-state index contributed by atoms with van der Waals surface area (Å²) in [5.41, 5.74) is 6.30. The molecule has 0 amide bonds. The second-order valence-electron chi connectivity index (χ2n) is 9.98. The molecule has 3 N–H and O–H groups in total. The lowest BCUT2D eigenvalue weighted by Gasteiger charge is -2.28. The zero-order valence-electron chi connectivity index (χ0n) is 21.3. The fourth-order valence-corrected chi connectivity index (χ4v) is 4.26. The molecule has 1 unspecified atom stereocenters. The molecule has 0 aliphatic rings. The van der Waals surface area contributed by atoms with Crippen LogP contribution in [0.2, 0.25) is 0 Å². The molecule has 0 aliphatic carbocycles. The zero-order valence-corrected chi connectivity index (χ0v) is 21.3. The summed E-state index contributed by atoms with van der Waals surface area (Å²) in [5, 5.41) is 23.4. The lowest BCUT2D eigenvalue weighted by molar-refractivity contribution is -0.00397. The van der Waals surface area contributed by atoms with Crippen molar-refractivity contribution >= 4 is 5.97 Å². The van der Waals surface area contributed by atoms with Gasteiger partial charge in [-0.3, -0.25) is 0 Å². The number of carboxylic acid groups (broad SMARTS) is 1. The Morgan fingerprint density at radius 1 is 1.03 bits per heavy atom. The lowest BCUT2D eigenvalue weighted by atomic mass is 9.94. The zero-order chi connectivity index (χ0) is 25.6. The van der Waals surface area contributed by atoms with E-state index in [-0.39, 0.29) is 18.2 Å². The molecular weight excluding hydrogens is 438 g/mol. The van der Waals surface area contributed by atoms with Crippen LogP contribution in [-0.4, -0.2) is 41.0 Å². The van der Waals surface area contributed by atoms with E-state index >= 15 is 0 Å². The number of carboxylic acids is 1. The van der Waals surface area contributed by atoms with E-state index in [0.29, 0.717) is 17.7 Å². The third kappa shape index (κ3) is 7.49. The summed E-state index contributed by atoms with van der Waals surface area (Å²) >= 11 is 0. The molecule has 0 radical (unpaired) electrons. The first kappa shape index (κ1) is 26.6. The topological polar surface area (TPSA) is 78.8 Å². The summed E-state index contributed by atoms with van der Waals surface area (Å²) in [6, 6.07) is 21.8. The Kier molecular flexibility index (Phi) is 8.84. The van der Waals surface area contributed by atoms with E-state index in [9.17, 15) is 15.0 Å². The molecule has 0 spiro atoms. The van der Waals surface area contributed by atoms with Gasteiger partial charge in [0.2, 0.25) is 0 Å². The van der Waals surface area contributed by atoms with Gasteiger partial charge in [-0.15, -0.1) is 0 Å². The molecule has 5 nitrogen and oxygen atoms in total. The van der Waals surface area contributed by atoms with Crippen molar-refractivity contribution in [3.05, 3.63) is 94.5 Å². The lowest BCUT2D eigenvalue weighted by Crippen LogP contribution is -2.46. The van der Waals surface area contributed by atoms with E-state index in [0.717, 1.165) is 23.1 Å². The van der Waals surface area contributed by atoms with Gasteiger partial charge in [0.1, 0.15) is 0 Å². The van der Waals surface area contributed by atoms with Gasteiger partial charge in [-0.1, -0.05) is 66.2 Å². The Morgan fingerprint density at radius 2 is 1.71 bits per heavy atom. The Morgan fingerprint density at radius 3 is 2.37 bits per heavy atom. The van der Waals surface area contributed by atoms with E-state index in [1.807, 2.05) is 43.3 Å². The van der Waals surface area contributed by atoms with Crippen molar-refractivity contribution in [3.8, 4) is 11.1 Å². The van der Waals surface area contributed by atoms with Crippen molar-refractivity contribution in [1.29, 1.82) is 0 Å². The van der Waals surface area contributed by atoms with Crippen molar-refractivity contribution in [2.24, 2.45) is 0 Å². The molecule has 5 heteroatoms. The maximum atomic E-state index is 11.4. The average molecular weight is 476 g/mol. The molecule has 0 heterocycles. The first-order valence-corrected chi connectivity index (χ1v) is 12.1. The number of β-amino-alcohol motifs (C(OH)–C–C–N with tert-alkyl or cyclic N) is 1. The largest absolute Gasteiger partial charge is 0.478 e. The minimum atomic E-state index is -0.927. The molecule has 186 valence electrons. The number of ether oxygens (including phenoxy) is 1. The van der Waals surface area contributed by atoms with Crippen molar-refractivity contribution in [2.45, 2.75) is 58.8 Å². The van der Waals surface area contributed by atoms with Crippen molar-refractivity contribution in [3.63, 3.8) is 0 Å². The molecule has 3 rings (SSSR count). The summed E-state index contributed by atoms with van der Waals surface area (Å²) in [7, 11) is 0. The summed E-state index contributed by atoms with van der Waals surface area (Å²) in [6.07, 6.45) is -0.00932. The predicted octanol–water partition coefficient (Wildman–Crippen LogP) is 5.72. The standard InChI is InChI=1S/C30H37NO4/c1-20-10-12-23(13-11-20)17-30(4,5)31-18-25(32)19-35-22(3)27-8-6-7-9-28(27)24-14-15-26(29(33)34)21(2)16-24/h6-16,22,25,31-32H,17-19H2,1-5H3,(H,33,34)/t22?,25-/m0/s1. The number of aliphatic hydroxyl groups excluding tert-OH is 1. The van der Waals surface area contributed by atoms with Crippen LogP contribution in [0.3, 0.4) is 0 Å². The fraction of sp³-hybridized carbons (Fsp3) is 0.367. The molecule has 0 saturated carbocycles. The number of aromatic carboxylic acids is 1. The highest BCUT2D eigenvalue weighted by Gasteiger charge is 2.20. The number of rotatable bonds is 11. The van der Waals surface area contributed by atoms with Crippen molar-refractivity contribution < 1.29 is 19.7 Å². The molecule has 2 atom stereocenters. The second-order valence-corrected chi connectivity index (χ2v) is 9.98. The van der Waals surface area contributed by atoms with Crippen LogP contribution in [0.15, 0.2) is 66.7 Å². The van der Waals surface area contributed by atoms with Gasteiger partial charge in [0.25, 0.3) is 0 Å². The van der Waals surface area contributed by atoms with Crippen LogP contribution in [0.5, 0.6) is 0 Å². The van der Waals surface area contributed by atoms with Crippen LogP contribution in [0.4, 0.5) is 0 Å². The minimum Gasteiger partial charge on any atom is -0.478 e. The smallest absolute Gasteiger partial charge is 0.335 e. The summed E-state index contributed by atoms with van der Waals surface area (Å²) in [6.45, 7) is 10.8. The molecule has 0 fully saturated rings. The van der Waals surface area contributed by atoms with Gasteiger partial charge in [-0.05, 0) is 74.9 Å². The number of hydrogen-bond donors (Lipinski definition) is 3. The van der Waals surface area contributed by atoms with Gasteiger partial charge in [-0.25, -0.2) is 4.79 Å². The van der Waals surface area contributed by atoms with E-state index in [4.69, 9.17) is 4.74 Å². The third-order valence-corrected chi connectivity index (χ3v) is 6.29. The molecule has 35 heavy (non-hydrogen) atoms. The number of aliphatic hydroxyl groups is 1. The minimum absolute atomic E-state index is 0.158. The van der Waals surface area contributed by atoms with Crippen LogP contribution >= 0.6 is 0 Å². The number of carbonyl (C=O) groups is 1. The van der Waals surface area contributed by atoms with Gasteiger partial charge in [0.05, 0.1) is 24.4 Å². The van der Waals surface area contributed by atoms with E-state index < -0.39 is 12.1 Å². The van der Waals surface area contributed by atoms with Crippen LogP contribution < -0.4 is 5.32 Å². The highest BCUT2D eigenvalue weighted by molar-refractivity contribution is 5.90. The summed E-state index contributed by atoms with van der Waals surface area (Å²) < 4.78 is 6.06. The van der Waals surface area contributed by atoms with Gasteiger partial charge < -0.3 is 20.3 Å². The maximum absolute atomic E-state index is 11.4. The van der Waals surface area contributed by atoms with Gasteiger partial charge in [-0.2, -0.15) is 0 Å². The SMILES string of the molecule is Cc1ccc(CC(C)(C)NC[C@H](O)COC(C)c2ccccc2-c2ccc(C(=O)O)c(C)c2)cc1. The van der Waals surface area contributed by atoms with Gasteiger partial charge in [0.15, 0.2) is 0 Å². The van der Waals surface area contributed by atoms with E-state index in [1.54, 1.807) is 13.0 Å². The van der Waals surface area contributed by atoms with Gasteiger partial charge >= 0.3 is 5.97 Å². The van der Waals surface area contributed by atoms with Gasteiger partial charge in [0, 0.05) is 12.1 Å². The highest BCUT2D eigenvalue weighted by Crippen LogP contribution is 2.31. The predicted molar refractivity (Wildman–Crippen MR) is 141 cm³/mol. The molecular formula is C30H37NO4. The first-order valence-electron chi connectivity index (χ1n) is 12.1. The Bertz CT molecular complexity index is 1140.